The van der Waals surface area contributed by atoms with Gasteiger partial charge in [0.25, 0.3) is 0 Å². The summed E-state index contributed by atoms with van der Waals surface area (Å²) in [5.74, 6) is -1.14. The van der Waals surface area contributed by atoms with Crippen LogP contribution in [0.15, 0.2) is 0 Å². The third-order valence-corrected chi connectivity index (χ3v) is 3.57. The highest BCUT2D eigenvalue weighted by Crippen LogP contribution is 2.41. The number of carbonyl (C=O) groups excluding carboxylic acids is 1. The van der Waals surface area contributed by atoms with E-state index in [1.165, 1.54) is 16.7 Å². The number of carbonyl (C=O) groups is 2. The van der Waals surface area contributed by atoms with Crippen molar-refractivity contribution in [2.24, 2.45) is 0 Å². The molecule has 64 valence electrons. The Balaban J connectivity index is 2.26. The summed E-state index contributed by atoms with van der Waals surface area (Å²) in [6.07, 6.45) is 0.425. The fourth-order valence-corrected chi connectivity index (χ4v) is 3.08. The van der Waals surface area contributed by atoms with Crippen LogP contribution in [0.25, 0.3) is 0 Å². The Morgan fingerprint density at radius 3 is 2.83 bits per heavy atom. The largest absolute Gasteiger partial charge is 0.479 e. The van der Waals surface area contributed by atoms with E-state index in [4.69, 9.17) is 17.3 Å². The van der Waals surface area contributed by atoms with Crippen molar-refractivity contribution in [3.05, 3.63) is 0 Å². The Kier molecular flexibility index (Phi) is 1.62. The van der Waals surface area contributed by atoms with E-state index >= 15 is 0 Å². The molecule has 0 radical (unpaired) electrons. The minimum atomic E-state index is -1.02. The predicted octanol–water partition coefficient (Wildman–Crippen LogP) is 0.0722. The zero-order valence-corrected chi connectivity index (χ0v) is 7.52. The lowest BCUT2D eigenvalue weighted by Gasteiger charge is -2.34. The van der Waals surface area contributed by atoms with Gasteiger partial charge in [-0.15, -0.1) is 0 Å². The zero-order valence-electron chi connectivity index (χ0n) is 5.89. The molecule has 0 spiro atoms. The summed E-state index contributed by atoms with van der Waals surface area (Å²) in [5.41, 5.74) is 0. The second-order valence-electron chi connectivity index (χ2n) is 2.64. The van der Waals surface area contributed by atoms with Crippen LogP contribution in [-0.2, 0) is 9.59 Å². The van der Waals surface area contributed by atoms with Gasteiger partial charge in [0, 0.05) is 0 Å². The highest BCUT2D eigenvalue weighted by atomic mass is 32.2. The monoisotopic (exact) mass is 203 g/mol. The number of carboxylic acids is 1. The van der Waals surface area contributed by atoms with Gasteiger partial charge in [-0.05, 0) is 0 Å². The highest BCUT2D eigenvalue weighted by Gasteiger charge is 2.52. The van der Waals surface area contributed by atoms with Crippen LogP contribution in [0.5, 0.6) is 0 Å². The van der Waals surface area contributed by atoms with E-state index in [0.717, 1.165) is 0 Å². The molecule has 2 unspecified atom stereocenters. The summed E-state index contributed by atoms with van der Waals surface area (Å²) in [5, 5.41) is 8.72. The smallest absolute Gasteiger partial charge is 0.332 e. The normalized spacial score (nSPS) is 33.2. The van der Waals surface area contributed by atoms with Crippen molar-refractivity contribution in [2.45, 2.75) is 17.8 Å². The summed E-state index contributed by atoms with van der Waals surface area (Å²) >= 11 is 6.16. The SMILES string of the molecule is O=C(O)C1C(=S)SC2CC(=O)N21. The number of amides is 1. The van der Waals surface area contributed by atoms with Gasteiger partial charge in [0.15, 0.2) is 6.04 Å². The van der Waals surface area contributed by atoms with E-state index in [-0.39, 0.29) is 11.3 Å². The molecule has 0 aromatic rings. The van der Waals surface area contributed by atoms with E-state index < -0.39 is 12.0 Å². The molecule has 2 aliphatic heterocycles. The molecular weight excluding hydrogens is 198 g/mol. The molecule has 12 heavy (non-hydrogen) atoms. The molecule has 2 saturated heterocycles. The highest BCUT2D eigenvalue weighted by molar-refractivity contribution is 8.24. The van der Waals surface area contributed by atoms with Crippen molar-refractivity contribution in [1.29, 1.82) is 0 Å². The number of fused-ring (bicyclic) bond motifs is 1. The Labute approximate surface area is 77.9 Å². The van der Waals surface area contributed by atoms with Gasteiger partial charge in [-0.25, -0.2) is 4.79 Å². The van der Waals surface area contributed by atoms with Crippen molar-refractivity contribution in [1.82, 2.24) is 4.90 Å². The lowest BCUT2D eigenvalue weighted by atomic mass is 10.1. The number of rotatable bonds is 1. The van der Waals surface area contributed by atoms with Crippen molar-refractivity contribution in [3.63, 3.8) is 0 Å². The number of hydrogen-bond acceptors (Lipinski definition) is 4. The Bertz CT molecular complexity index is 291. The molecule has 1 N–H and O–H groups in total. The quantitative estimate of drug-likeness (QED) is 0.483. The standard InChI is InChI=1S/C6H5NO3S2/c8-2-1-3-7(2)4(5(9)10)6(11)12-3/h3-4H,1H2,(H,9,10). The number of carboxylic acid groups (broad SMARTS) is 1. The van der Waals surface area contributed by atoms with Gasteiger partial charge in [0.05, 0.1) is 16.0 Å². The molecule has 0 aliphatic carbocycles. The van der Waals surface area contributed by atoms with Crippen molar-refractivity contribution < 1.29 is 14.7 Å². The van der Waals surface area contributed by atoms with Crippen molar-refractivity contribution in [2.75, 3.05) is 0 Å². The van der Waals surface area contributed by atoms with Crippen LogP contribution < -0.4 is 0 Å². The summed E-state index contributed by atoms with van der Waals surface area (Å²) in [7, 11) is 0. The van der Waals surface area contributed by atoms with Gasteiger partial charge in [0.1, 0.15) is 0 Å². The summed E-state index contributed by atoms with van der Waals surface area (Å²) in [6, 6.07) is -0.865. The minimum absolute atomic E-state index is 0.00824. The summed E-state index contributed by atoms with van der Waals surface area (Å²) < 4.78 is 0.401. The fourth-order valence-electron chi connectivity index (χ4n) is 1.34. The Morgan fingerprint density at radius 1 is 1.75 bits per heavy atom. The van der Waals surface area contributed by atoms with Crippen LogP contribution >= 0.6 is 24.0 Å². The lowest BCUT2D eigenvalue weighted by Crippen LogP contribution is -2.54. The Morgan fingerprint density at radius 2 is 2.42 bits per heavy atom. The maximum Gasteiger partial charge on any atom is 0.332 e. The first-order valence-electron chi connectivity index (χ1n) is 3.35. The van der Waals surface area contributed by atoms with Crippen molar-refractivity contribution in [3.8, 4) is 0 Å². The average Bonchev–Trinajstić information content (AvgIpc) is 2.22. The average molecular weight is 203 g/mol. The molecule has 1 amide bonds. The van der Waals surface area contributed by atoms with Gasteiger partial charge in [0.2, 0.25) is 5.91 Å². The van der Waals surface area contributed by atoms with Crippen LogP contribution in [-0.4, -0.2) is 37.5 Å². The molecule has 2 fully saturated rings. The molecule has 6 heteroatoms. The first kappa shape index (κ1) is 8.00. The van der Waals surface area contributed by atoms with Gasteiger partial charge in [-0.2, -0.15) is 0 Å². The number of thioether (sulfide) groups is 1. The summed E-state index contributed by atoms with van der Waals surface area (Å²) in [4.78, 5) is 23.0. The second kappa shape index (κ2) is 2.43. The molecule has 0 bridgehead atoms. The van der Waals surface area contributed by atoms with Crippen LogP contribution in [0.2, 0.25) is 0 Å². The molecule has 2 atom stereocenters. The van der Waals surface area contributed by atoms with E-state index in [1.807, 2.05) is 0 Å². The van der Waals surface area contributed by atoms with Crippen molar-refractivity contribution >= 4 is 40.1 Å². The molecule has 2 heterocycles. The first-order valence-corrected chi connectivity index (χ1v) is 4.64. The fraction of sp³-hybridized carbons (Fsp3) is 0.500. The number of hydrogen-bond donors (Lipinski definition) is 1. The first-order chi connectivity index (χ1) is 5.61. The molecule has 4 nitrogen and oxygen atoms in total. The minimum Gasteiger partial charge on any atom is -0.479 e. The number of aliphatic carboxylic acids is 1. The van der Waals surface area contributed by atoms with Crippen LogP contribution in [0, 0.1) is 0 Å². The van der Waals surface area contributed by atoms with Gasteiger partial charge >= 0.3 is 5.97 Å². The molecular formula is C6H5NO3S2. The zero-order chi connectivity index (χ0) is 8.88. The lowest BCUT2D eigenvalue weighted by molar-refractivity contribution is -0.153. The third kappa shape index (κ3) is 0.879. The maximum absolute atomic E-state index is 11.0. The van der Waals surface area contributed by atoms with E-state index in [0.29, 0.717) is 10.6 Å². The van der Waals surface area contributed by atoms with Crippen LogP contribution in [0.4, 0.5) is 0 Å². The topological polar surface area (TPSA) is 57.6 Å². The molecule has 0 aromatic heterocycles. The van der Waals surface area contributed by atoms with Gasteiger partial charge in [-0.1, -0.05) is 24.0 Å². The van der Waals surface area contributed by atoms with Crippen LogP contribution in [0.1, 0.15) is 6.42 Å². The molecule has 2 rings (SSSR count). The summed E-state index contributed by atoms with van der Waals surface area (Å²) in [6.45, 7) is 0. The molecule has 0 saturated carbocycles. The van der Waals surface area contributed by atoms with Crippen LogP contribution in [0.3, 0.4) is 0 Å². The van der Waals surface area contributed by atoms with Gasteiger partial charge < -0.3 is 10.0 Å². The second-order valence-corrected chi connectivity index (χ2v) is 4.56. The molecule has 0 aromatic carbocycles. The maximum atomic E-state index is 11.0. The van der Waals surface area contributed by atoms with Gasteiger partial charge in [-0.3, -0.25) is 4.79 Å². The number of thiocarbonyl (C=S) groups is 1. The molecule has 2 aliphatic rings. The van der Waals surface area contributed by atoms with E-state index in [2.05, 4.69) is 0 Å². The third-order valence-electron chi connectivity index (χ3n) is 1.94. The number of β-lactam (4-membered cyclic amide) rings is 1. The van der Waals surface area contributed by atoms with E-state index in [9.17, 15) is 9.59 Å². The Hall–Kier alpha value is -0.620. The van der Waals surface area contributed by atoms with E-state index in [1.54, 1.807) is 0 Å². The number of nitrogens with zero attached hydrogens (tertiary/aromatic N) is 1. The predicted molar refractivity (Wildman–Crippen MR) is 46.9 cm³/mol.